The minimum atomic E-state index is 0.0931. The maximum atomic E-state index is 5.54. The average Bonchev–Trinajstić information content (AvgIpc) is 2.15. The number of hydrogen-bond acceptors (Lipinski definition) is 3. The zero-order valence-corrected chi connectivity index (χ0v) is 8.41. The first-order chi connectivity index (χ1) is 6.20. The van der Waals surface area contributed by atoms with Gasteiger partial charge in [0.2, 0.25) is 0 Å². The Kier molecular flexibility index (Phi) is 4.42. The molecule has 0 aromatic carbocycles. The SMILES string of the molecule is C=C(C)C(C)OCC1COCCO1. The summed E-state index contributed by atoms with van der Waals surface area (Å²) in [4.78, 5) is 0. The molecule has 0 N–H and O–H groups in total. The van der Waals surface area contributed by atoms with Crippen LogP contribution in [0.5, 0.6) is 0 Å². The van der Waals surface area contributed by atoms with Gasteiger partial charge in [-0.15, -0.1) is 0 Å². The van der Waals surface area contributed by atoms with E-state index in [1.54, 1.807) is 0 Å². The van der Waals surface area contributed by atoms with Crippen LogP contribution in [0.4, 0.5) is 0 Å². The van der Waals surface area contributed by atoms with Crippen molar-refractivity contribution in [2.45, 2.75) is 26.1 Å². The van der Waals surface area contributed by atoms with Gasteiger partial charge in [0.05, 0.1) is 32.5 Å². The molecule has 76 valence electrons. The summed E-state index contributed by atoms with van der Waals surface area (Å²) in [6.07, 6.45) is 0.195. The molecule has 0 bridgehead atoms. The molecule has 1 heterocycles. The van der Waals surface area contributed by atoms with E-state index in [0.717, 1.165) is 5.57 Å². The van der Waals surface area contributed by atoms with Crippen molar-refractivity contribution in [2.24, 2.45) is 0 Å². The summed E-state index contributed by atoms with van der Waals surface area (Å²) in [5, 5.41) is 0. The lowest BCUT2D eigenvalue weighted by Crippen LogP contribution is -2.33. The van der Waals surface area contributed by atoms with Crippen LogP contribution in [0, 0.1) is 0 Å². The van der Waals surface area contributed by atoms with Crippen LogP contribution in [0.2, 0.25) is 0 Å². The Morgan fingerprint density at radius 2 is 2.38 bits per heavy atom. The minimum absolute atomic E-state index is 0.0931. The van der Waals surface area contributed by atoms with Gasteiger partial charge in [-0.25, -0.2) is 0 Å². The Bertz CT molecular complexity index is 162. The fraction of sp³-hybridized carbons (Fsp3) is 0.800. The molecule has 2 unspecified atom stereocenters. The Labute approximate surface area is 79.7 Å². The van der Waals surface area contributed by atoms with Gasteiger partial charge in [-0.3, -0.25) is 0 Å². The molecule has 3 heteroatoms. The van der Waals surface area contributed by atoms with Crippen LogP contribution in [0.1, 0.15) is 13.8 Å². The summed E-state index contributed by atoms with van der Waals surface area (Å²) in [6.45, 7) is 10.4. The Morgan fingerprint density at radius 3 is 2.92 bits per heavy atom. The second-order valence-corrected chi connectivity index (χ2v) is 3.39. The molecule has 1 aliphatic heterocycles. The third-order valence-electron chi connectivity index (χ3n) is 2.11. The van der Waals surface area contributed by atoms with E-state index in [1.807, 2.05) is 13.8 Å². The predicted molar refractivity (Wildman–Crippen MR) is 50.8 cm³/mol. The van der Waals surface area contributed by atoms with Crippen LogP contribution in [0.25, 0.3) is 0 Å². The summed E-state index contributed by atoms with van der Waals surface area (Å²) in [7, 11) is 0. The van der Waals surface area contributed by atoms with Gasteiger partial charge >= 0.3 is 0 Å². The van der Waals surface area contributed by atoms with E-state index in [9.17, 15) is 0 Å². The van der Waals surface area contributed by atoms with Crippen LogP contribution < -0.4 is 0 Å². The average molecular weight is 186 g/mol. The summed E-state index contributed by atoms with van der Waals surface area (Å²) < 4.78 is 16.2. The van der Waals surface area contributed by atoms with Crippen molar-refractivity contribution in [1.29, 1.82) is 0 Å². The maximum absolute atomic E-state index is 5.54. The smallest absolute Gasteiger partial charge is 0.104 e. The standard InChI is InChI=1S/C10H18O3/c1-8(2)9(3)13-7-10-6-11-4-5-12-10/h9-10H,1,4-7H2,2-3H3. The van der Waals surface area contributed by atoms with Crippen molar-refractivity contribution in [2.75, 3.05) is 26.4 Å². The van der Waals surface area contributed by atoms with E-state index < -0.39 is 0 Å². The molecule has 0 amide bonds. The van der Waals surface area contributed by atoms with Crippen molar-refractivity contribution >= 4 is 0 Å². The Hall–Kier alpha value is -0.380. The minimum Gasteiger partial charge on any atom is -0.376 e. The van der Waals surface area contributed by atoms with E-state index >= 15 is 0 Å². The molecule has 0 saturated carbocycles. The highest BCUT2D eigenvalue weighted by molar-refractivity contribution is 4.95. The molecule has 13 heavy (non-hydrogen) atoms. The first kappa shape index (κ1) is 10.7. The van der Waals surface area contributed by atoms with Crippen LogP contribution in [0.3, 0.4) is 0 Å². The van der Waals surface area contributed by atoms with Gasteiger partial charge in [0, 0.05) is 0 Å². The third kappa shape index (κ3) is 3.89. The number of rotatable bonds is 4. The molecule has 3 nitrogen and oxygen atoms in total. The normalized spacial score (nSPS) is 25.5. The quantitative estimate of drug-likeness (QED) is 0.621. The summed E-state index contributed by atoms with van der Waals surface area (Å²) in [5.41, 5.74) is 1.04. The van der Waals surface area contributed by atoms with Gasteiger partial charge in [-0.05, 0) is 13.8 Å². The van der Waals surface area contributed by atoms with E-state index in [1.165, 1.54) is 0 Å². The van der Waals surface area contributed by atoms with Crippen molar-refractivity contribution in [3.63, 3.8) is 0 Å². The number of hydrogen-bond donors (Lipinski definition) is 0. The third-order valence-corrected chi connectivity index (χ3v) is 2.11. The molecule has 1 rings (SSSR count). The van der Waals surface area contributed by atoms with Crippen LogP contribution in [-0.2, 0) is 14.2 Å². The molecule has 0 aliphatic carbocycles. The second-order valence-electron chi connectivity index (χ2n) is 3.39. The molecule has 1 saturated heterocycles. The Balaban J connectivity index is 2.13. The van der Waals surface area contributed by atoms with Gasteiger partial charge in [-0.1, -0.05) is 12.2 Å². The van der Waals surface area contributed by atoms with Crippen molar-refractivity contribution < 1.29 is 14.2 Å². The second kappa shape index (κ2) is 5.37. The molecular formula is C10H18O3. The molecule has 0 spiro atoms. The summed E-state index contributed by atoms with van der Waals surface area (Å²) in [6, 6.07) is 0. The van der Waals surface area contributed by atoms with Crippen LogP contribution in [-0.4, -0.2) is 38.6 Å². The molecule has 1 aliphatic rings. The molecule has 0 aromatic heterocycles. The largest absolute Gasteiger partial charge is 0.376 e. The monoisotopic (exact) mass is 186 g/mol. The fourth-order valence-electron chi connectivity index (χ4n) is 1.03. The van der Waals surface area contributed by atoms with E-state index in [0.29, 0.717) is 26.4 Å². The molecule has 1 fully saturated rings. The van der Waals surface area contributed by atoms with E-state index in [-0.39, 0.29) is 12.2 Å². The van der Waals surface area contributed by atoms with Gasteiger partial charge < -0.3 is 14.2 Å². The first-order valence-corrected chi connectivity index (χ1v) is 4.66. The van der Waals surface area contributed by atoms with Gasteiger partial charge in [-0.2, -0.15) is 0 Å². The van der Waals surface area contributed by atoms with Crippen molar-refractivity contribution in [1.82, 2.24) is 0 Å². The molecule has 0 radical (unpaired) electrons. The molecule has 0 aromatic rings. The molecule has 2 atom stereocenters. The van der Waals surface area contributed by atoms with E-state index in [4.69, 9.17) is 14.2 Å². The highest BCUT2D eigenvalue weighted by Crippen LogP contribution is 2.06. The number of ether oxygens (including phenoxy) is 3. The summed E-state index contributed by atoms with van der Waals surface area (Å²) >= 11 is 0. The van der Waals surface area contributed by atoms with Crippen molar-refractivity contribution in [3.8, 4) is 0 Å². The van der Waals surface area contributed by atoms with Crippen LogP contribution in [0.15, 0.2) is 12.2 Å². The zero-order chi connectivity index (χ0) is 9.68. The topological polar surface area (TPSA) is 27.7 Å². The zero-order valence-electron chi connectivity index (χ0n) is 8.41. The maximum Gasteiger partial charge on any atom is 0.104 e. The molecular weight excluding hydrogens is 168 g/mol. The van der Waals surface area contributed by atoms with Gasteiger partial charge in [0.25, 0.3) is 0 Å². The van der Waals surface area contributed by atoms with Gasteiger partial charge in [0.15, 0.2) is 0 Å². The predicted octanol–water partition coefficient (Wildman–Crippen LogP) is 1.38. The lowest BCUT2D eigenvalue weighted by molar-refractivity contribution is -0.120. The van der Waals surface area contributed by atoms with Crippen molar-refractivity contribution in [3.05, 3.63) is 12.2 Å². The van der Waals surface area contributed by atoms with Crippen LogP contribution >= 0.6 is 0 Å². The van der Waals surface area contributed by atoms with Gasteiger partial charge in [0.1, 0.15) is 6.10 Å². The summed E-state index contributed by atoms with van der Waals surface area (Å²) in [5.74, 6) is 0. The lowest BCUT2D eigenvalue weighted by Gasteiger charge is -2.24. The highest BCUT2D eigenvalue weighted by Gasteiger charge is 2.15. The fourth-order valence-corrected chi connectivity index (χ4v) is 1.03. The highest BCUT2D eigenvalue weighted by atomic mass is 16.6. The lowest BCUT2D eigenvalue weighted by atomic mass is 10.2. The first-order valence-electron chi connectivity index (χ1n) is 4.66. The van der Waals surface area contributed by atoms with E-state index in [2.05, 4.69) is 6.58 Å². The Morgan fingerprint density at radius 1 is 1.62 bits per heavy atom.